The van der Waals surface area contributed by atoms with Gasteiger partial charge in [0, 0.05) is 24.4 Å². The highest BCUT2D eigenvalue weighted by molar-refractivity contribution is 6.11. The number of carboxylic acids is 5. The lowest BCUT2D eigenvalue weighted by Crippen LogP contribution is -2.43. The number of allylic oxidation sites excluding steroid dienone is 1. The standard InChI is InChI=1S/C27H30N2O2.2C27H26O3.C24H27FO4.C24H27NO3/c1-26(2)12-13-27(3,4)24-17-22(18-29-15-5-14-28-29)21(16-23(24)26)11-8-19-6-9-20(10-7-19)25(30)31;28-25-14-20-6-5-19(17-1-3-18(4-2-17)27(29)30)12-21(20)13-24(25)26-22-8-15-7-16(10-22)11-23(26)9-15;28-25-6-5-20(18-1-2-19-13-21(27(29)30)4-3-17(19)12-18)14-24(25)26-22-8-15-7-16(10-22)11-23(26)9-15;1-23(2)9-10-24(3,4)18-11-15(7-8-17(18)23)21(27)20(26)13-14-5-6-16(22(28)29)12-19(14)25;1-23(2)13-14-24(3,4)20-15-18(10-11-19(20)23)21(25-28)12-7-16-5-8-17(9-6-16)22(26)27/h5-11,14-17H,12-13,18H2,1-4H3,(H,30,31);2*1-6,12-16,22-23,26,28H,7-11H2,(H,29,30);5-8,11-12,21,27H,9-10,13H2,1-4H3,(H,28,29);5-12,15,28H,13-14H2,1-4H3,(H,26,27)/b11-8+;;;;12-7+,25-21+. The van der Waals surface area contributed by atoms with Crippen molar-refractivity contribution in [1.29, 1.82) is 0 Å². The Morgan fingerprint density at radius 2 is 0.777 bits per heavy atom. The van der Waals surface area contributed by atoms with E-state index in [9.17, 15) is 58.8 Å². The Bertz CT molecular complexity index is 7320. The maximum atomic E-state index is 14.2. The number of hydrogen-bond donors (Lipinski definition) is 9. The van der Waals surface area contributed by atoms with Gasteiger partial charge in [-0.2, -0.15) is 5.10 Å². The van der Waals surface area contributed by atoms with Crippen LogP contribution in [-0.4, -0.2) is 97.2 Å². The Hall–Kier alpha value is -14.2. The molecule has 18 nitrogen and oxygen atoms in total. The summed E-state index contributed by atoms with van der Waals surface area (Å²) >= 11 is 0. The van der Waals surface area contributed by atoms with Crippen LogP contribution >= 0.6 is 0 Å². The fourth-order valence-corrected chi connectivity index (χ4v) is 26.4. The van der Waals surface area contributed by atoms with E-state index in [1.54, 1.807) is 72.8 Å². The van der Waals surface area contributed by atoms with Crippen LogP contribution in [0.1, 0.15) is 339 Å². The summed E-state index contributed by atoms with van der Waals surface area (Å²) in [5.41, 5.74) is 22.1. The van der Waals surface area contributed by atoms with Gasteiger partial charge in [-0.3, -0.25) is 9.48 Å². The number of carbonyl (C=O) groups is 6. The molecule has 13 aromatic rings. The van der Waals surface area contributed by atoms with Gasteiger partial charge >= 0.3 is 29.8 Å². The topological polar surface area (TPSA) is 315 Å². The first-order valence-corrected chi connectivity index (χ1v) is 52.5. The smallest absolute Gasteiger partial charge is 0.335 e. The highest BCUT2D eigenvalue weighted by Crippen LogP contribution is 2.63. The average Bonchev–Trinajstić information content (AvgIpc) is 0.749. The molecule has 0 saturated heterocycles. The fourth-order valence-electron chi connectivity index (χ4n) is 26.4. The van der Waals surface area contributed by atoms with Crippen LogP contribution in [0.25, 0.3) is 62.0 Å². The zero-order valence-corrected chi connectivity index (χ0v) is 86.7. The molecule has 0 spiro atoms. The number of aromatic carboxylic acids is 5. The van der Waals surface area contributed by atoms with Crippen molar-refractivity contribution < 1.29 is 79.2 Å². The van der Waals surface area contributed by atoms with Crippen molar-refractivity contribution in [2.24, 2.45) is 52.5 Å². The minimum absolute atomic E-state index is 0.0351. The Balaban J connectivity index is 0.000000121. The van der Waals surface area contributed by atoms with E-state index in [-0.39, 0.29) is 55.6 Å². The molecule has 8 saturated carbocycles. The highest BCUT2D eigenvalue weighted by Gasteiger charge is 2.52. The van der Waals surface area contributed by atoms with Crippen LogP contribution in [0.15, 0.2) is 254 Å². The second kappa shape index (κ2) is 41.5. The number of nitrogens with zero attached hydrogens (tertiary/aromatic N) is 3. The molecular weight excluding hydrogens is 1850 g/mol. The second-order valence-electron chi connectivity index (χ2n) is 47.5. The van der Waals surface area contributed by atoms with Crippen molar-refractivity contribution in [1.82, 2.24) is 9.78 Å². The van der Waals surface area contributed by atoms with Crippen LogP contribution in [0.5, 0.6) is 11.5 Å². The molecule has 11 aliphatic carbocycles. The van der Waals surface area contributed by atoms with Crippen LogP contribution in [0.4, 0.5) is 4.39 Å². The molecule has 0 amide bonds. The lowest BCUT2D eigenvalue weighted by Gasteiger charge is -2.54. The maximum Gasteiger partial charge on any atom is 0.335 e. The van der Waals surface area contributed by atoms with Gasteiger partial charge in [0.15, 0.2) is 5.78 Å². The van der Waals surface area contributed by atoms with Crippen molar-refractivity contribution in [3.63, 3.8) is 0 Å². The molecule has 764 valence electrons. The van der Waals surface area contributed by atoms with Crippen LogP contribution in [0.3, 0.4) is 0 Å². The Kier molecular flexibility index (Phi) is 29.1. The van der Waals surface area contributed by atoms with Crippen molar-refractivity contribution in [3.05, 3.63) is 366 Å². The molecule has 148 heavy (non-hydrogen) atoms. The van der Waals surface area contributed by atoms with Crippen molar-refractivity contribution in [3.8, 4) is 33.8 Å². The van der Waals surface area contributed by atoms with Gasteiger partial charge in [0.2, 0.25) is 0 Å². The number of carbonyl (C=O) groups excluding carboxylic acids is 1. The van der Waals surface area contributed by atoms with Crippen LogP contribution in [0.2, 0.25) is 0 Å². The molecule has 1 unspecified atom stereocenters. The summed E-state index contributed by atoms with van der Waals surface area (Å²) in [6.45, 7) is 27.9. The lowest BCUT2D eigenvalue weighted by atomic mass is 9.50. The summed E-state index contributed by atoms with van der Waals surface area (Å²) in [6, 6.07) is 70.6. The largest absolute Gasteiger partial charge is 0.508 e. The number of rotatable bonds is 20. The summed E-state index contributed by atoms with van der Waals surface area (Å²) in [5.74, 6) is 2.32. The number of oxime groups is 1. The van der Waals surface area contributed by atoms with Crippen molar-refractivity contribution in [2.75, 3.05) is 0 Å². The predicted molar refractivity (Wildman–Crippen MR) is 582 cm³/mol. The number of benzene rings is 12. The molecule has 1 heterocycles. The van der Waals surface area contributed by atoms with E-state index >= 15 is 0 Å². The molecule has 11 aliphatic rings. The van der Waals surface area contributed by atoms with E-state index in [1.807, 2.05) is 108 Å². The van der Waals surface area contributed by atoms with E-state index in [0.717, 1.165) is 156 Å². The first-order valence-electron chi connectivity index (χ1n) is 52.5. The summed E-state index contributed by atoms with van der Waals surface area (Å²) in [7, 11) is 0. The van der Waals surface area contributed by atoms with Gasteiger partial charge in [-0.15, -0.1) is 0 Å². The number of hydrogen-bond acceptors (Lipinski definition) is 12. The third-order valence-electron chi connectivity index (χ3n) is 34.7. The number of aliphatic hydroxyl groups excluding tert-OH is 1. The number of aliphatic hydroxyl groups is 1. The third kappa shape index (κ3) is 22.2. The Morgan fingerprint density at radius 3 is 1.28 bits per heavy atom. The maximum absolute atomic E-state index is 14.2. The monoisotopic (exact) mass is 1990 g/mol. The molecule has 1 atom stereocenters. The molecule has 12 aromatic carbocycles. The van der Waals surface area contributed by atoms with E-state index in [0.29, 0.717) is 57.8 Å². The number of fused-ring (bicyclic) bond motifs is 5. The summed E-state index contributed by atoms with van der Waals surface area (Å²) < 4.78 is 16.1. The fraction of sp³-hybridized carbons (Fsp3) is 0.364. The number of Topliss-reactive ketones (excluding diaryl/α,β-unsaturated/α-hetero) is 1. The van der Waals surface area contributed by atoms with Gasteiger partial charge in [-0.25, -0.2) is 28.4 Å². The first-order chi connectivity index (χ1) is 70.3. The zero-order valence-electron chi connectivity index (χ0n) is 86.7. The van der Waals surface area contributed by atoms with E-state index < -0.39 is 47.6 Å². The van der Waals surface area contributed by atoms with E-state index in [2.05, 4.69) is 166 Å². The van der Waals surface area contributed by atoms with Gasteiger partial charge in [0.25, 0.3) is 0 Å². The Labute approximate surface area is 866 Å². The highest BCUT2D eigenvalue weighted by atomic mass is 19.1. The van der Waals surface area contributed by atoms with Crippen LogP contribution in [-0.2, 0) is 50.3 Å². The molecule has 9 N–H and O–H groups in total. The lowest BCUT2D eigenvalue weighted by molar-refractivity contribution is -0.126. The molecule has 8 bridgehead atoms. The number of phenolic OH excluding ortho intramolecular Hbond substituents is 2. The third-order valence-corrected chi connectivity index (χ3v) is 34.7. The van der Waals surface area contributed by atoms with Gasteiger partial charge in [-0.05, 0) is 431 Å². The molecule has 24 rings (SSSR count). The van der Waals surface area contributed by atoms with Gasteiger partial charge in [0.1, 0.15) is 29.1 Å². The summed E-state index contributed by atoms with van der Waals surface area (Å²) in [5, 5.41) is 99.3. The molecule has 19 heteroatoms. The van der Waals surface area contributed by atoms with Crippen LogP contribution in [0, 0.1) is 53.2 Å². The summed E-state index contributed by atoms with van der Waals surface area (Å²) in [6.07, 6.45) is 30.2. The molecule has 1 aromatic heterocycles. The molecule has 0 aliphatic heterocycles. The second-order valence-corrected chi connectivity index (χ2v) is 47.5. The number of phenols is 2. The van der Waals surface area contributed by atoms with Gasteiger partial charge in [0.05, 0.1) is 34.4 Å². The van der Waals surface area contributed by atoms with Crippen LogP contribution < -0.4 is 0 Å². The van der Waals surface area contributed by atoms with Crippen molar-refractivity contribution in [2.45, 2.75) is 249 Å². The predicted octanol–water partition coefficient (Wildman–Crippen LogP) is 29.4. The molecule has 8 fully saturated rings. The quantitative estimate of drug-likeness (QED) is 0.0148. The van der Waals surface area contributed by atoms with Gasteiger partial charge < -0.3 is 46.1 Å². The average molecular weight is 1990 g/mol. The number of carboxylic acid groups (broad SMARTS) is 5. The van der Waals surface area contributed by atoms with E-state index in [4.69, 9.17) is 20.4 Å². The van der Waals surface area contributed by atoms with E-state index in [1.165, 1.54) is 128 Å². The number of aromatic nitrogens is 2. The first kappa shape index (κ1) is 104. The van der Waals surface area contributed by atoms with Gasteiger partial charge in [-0.1, -0.05) is 228 Å². The minimum Gasteiger partial charge on any atom is -0.508 e. The minimum atomic E-state index is -1.36. The normalized spacial score (nSPS) is 22.4. The SMILES string of the molecule is CC1(C)CCC(C)(C)c2cc(C(/C=C/c3ccc(C(=O)O)cc3)=N/O)ccc21.CC1(C)CCC(C)(C)c2cc(C(O)C(=O)Cc3ccc(C(=O)O)cc3F)ccc21.CC1(C)CCC(C)(C)c2cc(Cn3cccn3)c(/C=C/c3ccc(C(=O)O)cc3)cc21.O=C(O)c1ccc(-c2ccc3cc(O)c(C4C5CC6CC(C5)CC4C6)cc3c2)cc1.O=C(O)c1ccc2cc(-c3ccc(O)c(C4C5CC6CC(C5)CC4C6)c3)ccc2c1. The number of ketones is 1. The summed E-state index contributed by atoms with van der Waals surface area (Å²) in [4.78, 5) is 68.0. The zero-order chi connectivity index (χ0) is 105. The Morgan fingerprint density at radius 1 is 0.378 bits per heavy atom. The molecular formula is C129H136FN3O15. The number of halogens is 1. The van der Waals surface area contributed by atoms with Crippen molar-refractivity contribution >= 4 is 81.1 Å². The molecule has 0 radical (unpaired) electrons. The number of aromatic hydroxyl groups is 2.